The van der Waals surface area contributed by atoms with E-state index in [9.17, 15) is 19.5 Å². The lowest BCUT2D eigenvalue weighted by molar-refractivity contribution is -0.148. The molecule has 2 heterocycles. The van der Waals surface area contributed by atoms with Crippen LogP contribution < -0.4 is 0 Å². The van der Waals surface area contributed by atoms with Crippen LogP contribution in [0.5, 0.6) is 0 Å². The van der Waals surface area contributed by atoms with Crippen molar-refractivity contribution in [3.05, 3.63) is 35.9 Å². The summed E-state index contributed by atoms with van der Waals surface area (Å²) < 4.78 is 5.93. The Morgan fingerprint density at radius 2 is 1.75 bits per heavy atom. The summed E-state index contributed by atoms with van der Waals surface area (Å²) >= 11 is 0. The van der Waals surface area contributed by atoms with Gasteiger partial charge in [-0.2, -0.15) is 0 Å². The van der Waals surface area contributed by atoms with Crippen molar-refractivity contribution in [3.63, 3.8) is 0 Å². The Morgan fingerprint density at radius 3 is 2.29 bits per heavy atom. The fraction of sp³-hybridized carbons (Fsp3) is 0.571. The van der Waals surface area contributed by atoms with E-state index in [4.69, 9.17) is 4.74 Å². The minimum Gasteiger partial charge on any atom is -0.480 e. The van der Waals surface area contributed by atoms with Crippen LogP contribution in [-0.2, 0) is 14.3 Å². The second-order valence-corrected chi connectivity index (χ2v) is 8.77. The number of likely N-dealkylation sites (tertiary alicyclic amines) is 1. The Labute approximate surface area is 165 Å². The molecule has 0 radical (unpaired) electrons. The van der Waals surface area contributed by atoms with Crippen molar-refractivity contribution in [3.8, 4) is 0 Å². The molecular formula is C21H28N2O5. The van der Waals surface area contributed by atoms with Crippen LogP contribution in [0.2, 0.25) is 0 Å². The van der Waals surface area contributed by atoms with E-state index < -0.39 is 17.7 Å². The van der Waals surface area contributed by atoms with Gasteiger partial charge in [0.25, 0.3) is 5.91 Å². The average molecular weight is 388 g/mol. The molecule has 2 amide bonds. The minimum atomic E-state index is -1.08. The molecule has 0 aliphatic carbocycles. The second-order valence-electron chi connectivity index (χ2n) is 8.77. The van der Waals surface area contributed by atoms with Gasteiger partial charge in [-0.1, -0.05) is 39.0 Å². The average Bonchev–Trinajstić information content (AvgIpc) is 3.00. The van der Waals surface area contributed by atoms with Crippen molar-refractivity contribution in [1.29, 1.82) is 0 Å². The van der Waals surface area contributed by atoms with Crippen LogP contribution in [0.1, 0.15) is 50.4 Å². The summed E-state index contributed by atoms with van der Waals surface area (Å²) in [6.07, 6.45) is 1.27. The highest BCUT2D eigenvalue weighted by atomic mass is 16.5. The van der Waals surface area contributed by atoms with Gasteiger partial charge in [-0.15, -0.1) is 0 Å². The van der Waals surface area contributed by atoms with Gasteiger partial charge in [-0.25, -0.2) is 4.79 Å². The third kappa shape index (κ3) is 4.04. The van der Waals surface area contributed by atoms with E-state index in [1.54, 1.807) is 35.2 Å². The summed E-state index contributed by atoms with van der Waals surface area (Å²) in [5, 5.41) is 9.62. The van der Waals surface area contributed by atoms with Crippen molar-refractivity contribution >= 4 is 17.8 Å². The number of carbonyl (C=O) groups is 3. The van der Waals surface area contributed by atoms with Crippen molar-refractivity contribution in [2.75, 3.05) is 19.7 Å². The highest BCUT2D eigenvalue weighted by molar-refractivity contribution is 5.97. The van der Waals surface area contributed by atoms with Gasteiger partial charge in [-0.05, 0) is 17.5 Å². The van der Waals surface area contributed by atoms with E-state index in [2.05, 4.69) is 0 Å². The van der Waals surface area contributed by atoms with E-state index in [1.165, 1.54) is 4.90 Å². The van der Waals surface area contributed by atoms with Crippen LogP contribution in [-0.4, -0.2) is 64.2 Å². The van der Waals surface area contributed by atoms with Gasteiger partial charge in [0.05, 0.1) is 6.61 Å². The smallest absolute Gasteiger partial charge is 0.328 e. The third-order valence-electron chi connectivity index (χ3n) is 5.36. The molecule has 1 N–H and O–H groups in total. The molecule has 7 nitrogen and oxygen atoms in total. The lowest BCUT2D eigenvalue weighted by Crippen LogP contribution is -2.58. The van der Waals surface area contributed by atoms with Gasteiger partial charge >= 0.3 is 5.97 Å². The number of hydrogen-bond donors (Lipinski definition) is 1. The first kappa shape index (κ1) is 20.3. The van der Waals surface area contributed by atoms with Gasteiger partial charge in [0.15, 0.2) is 6.04 Å². The van der Waals surface area contributed by atoms with Crippen LogP contribution in [0.3, 0.4) is 0 Å². The maximum absolute atomic E-state index is 13.1. The molecular weight excluding hydrogens is 360 g/mol. The molecule has 1 spiro atoms. The molecule has 1 aromatic carbocycles. The Morgan fingerprint density at radius 1 is 1.14 bits per heavy atom. The molecule has 152 valence electrons. The van der Waals surface area contributed by atoms with Gasteiger partial charge in [-0.3, -0.25) is 14.5 Å². The Kier molecular flexibility index (Phi) is 5.48. The molecule has 2 aliphatic heterocycles. The SMILES string of the molecule is CC(C)(C)CC(=O)N1CCC2(CC1)OC[C@@H](C(=O)O)N2C(=O)c1ccccc1. The predicted octanol–water partition coefficient (Wildman–Crippen LogP) is 2.37. The van der Waals surface area contributed by atoms with Gasteiger partial charge in [0, 0.05) is 37.9 Å². The molecule has 2 saturated heterocycles. The van der Waals surface area contributed by atoms with E-state index in [1.807, 2.05) is 20.8 Å². The Balaban J connectivity index is 1.79. The summed E-state index contributed by atoms with van der Waals surface area (Å²) in [5.41, 5.74) is -0.640. The van der Waals surface area contributed by atoms with Gasteiger partial charge < -0.3 is 14.7 Å². The van der Waals surface area contributed by atoms with Crippen LogP contribution >= 0.6 is 0 Å². The fourth-order valence-corrected chi connectivity index (χ4v) is 3.95. The molecule has 0 unspecified atom stereocenters. The molecule has 0 aromatic heterocycles. The summed E-state index contributed by atoms with van der Waals surface area (Å²) in [4.78, 5) is 40.6. The first-order chi connectivity index (χ1) is 13.1. The maximum Gasteiger partial charge on any atom is 0.328 e. The Bertz CT molecular complexity index is 748. The normalized spacial score (nSPS) is 21.8. The molecule has 2 aliphatic rings. The number of ether oxygens (including phenoxy) is 1. The summed E-state index contributed by atoms with van der Waals surface area (Å²) in [5.74, 6) is -1.34. The van der Waals surface area contributed by atoms with E-state index in [0.717, 1.165) is 0 Å². The largest absolute Gasteiger partial charge is 0.480 e. The second kappa shape index (κ2) is 7.54. The lowest BCUT2D eigenvalue weighted by atomic mass is 9.90. The highest BCUT2D eigenvalue weighted by Crippen LogP contribution is 2.39. The number of carbonyl (C=O) groups excluding carboxylic acids is 2. The number of hydrogen-bond acceptors (Lipinski definition) is 4. The predicted molar refractivity (Wildman–Crippen MR) is 103 cm³/mol. The number of rotatable bonds is 3. The summed E-state index contributed by atoms with van der Waals surface area (Å²) in [6.45, 7) is 6.92. The zero-order valence-electron chi connectivity index (χ0n) is 16.7. The van der Waals surface area contributed by atoms with Gasteiger partial charge in [0.2, 0.25) is 5.91 Å². The van der Waals surface area contributed by atoms with E-state index >= 15 is 0 Å². The standard InChI is InChI=1S/C21H28N2O5/c1-20(2,3)13-17(24)22-11-9-21(10-12-22)23(16(14-28-21)19(26)27)18(25)15-7-5-4-6-8-15/h4-8,16H,9-14H2,1-3H3,(H,26,27)/t16-/m0/s1. The van der Waals surface area contributed by atoms with Crippen LogP contribution in [0.15, 0.2) is 30.3 Å². The van der Waals surface area contributed by atoms with Crippen LogP contribution in [0, 0.1) is 5.41 Å². The molecule has 28 heavy (non-hydrogen) atoms. The number of carboxylic acid groups (broad SMARTS) is 1. The first-order valence-corrected chi connectivity index (χ1v) is 9.66. The summed E-state index contributed by atoms with van der Waals surface area (Å²) in [6, 6.07) is 7.64. The number of carboxylic acids is 1. The zero-order valence-corrected chi connectivity index (χ0v) is 16.7. The molecule has 3 rings (SSSR count). The monoisotopic (exact) mass is 388 g/mol. The zero-order chi connectivity index (χ0) is 20.5. The fourth-order valence-electron chi connectivity index (χ4n) is 3.95. The molecule has 1 atom stereocenters. The number of aliphatic carboxylic acids is 1. The summed E-state index contributed by atoms with van der Waals surface area (Å²) in [7, 11) is 0. The first-order valence-electron chi connectivity index (χ1n) is 9.66. The minimum absolute atomic E-state index is 0.0379. The molecule has 0 saturated carbocycles. The lowest BCUT2D eigenvalue weighted by Gasteiger charge is -2.44. The topological polar surface area (TPSA) is 87.2 Å². The van der Waals surface area contributed by atoms with Crippen molar-refractivity contribution in [2.45, 2.75) is 51.8 Å². The third-order valence-corrected chi connectivity index (χ3v) is 5.36. The van der Waals surface area contributed by atoms with E-state index in [0.29, 0.717) is 37.9 Å². The number of piperidine rings is 1. The van der Waals surface area contributed by atoms with Crippen molar-refractivity contribution < 1.29 is 24.2 Å². The molecule has 1 aromatic rings. The number of benzene rings is 1. The van der Waals surface area contributed by atoms with Crippen molar-refractivity contribution in [2.24, 2.45) is 5.41 Å². The highest BCUT2D eigenvalue weighted by Gasteiger charge is 2.54. The maximum atomic E-state index is 13.1. The van der Waals surface area contributed by atoms with E-state index in [-0.39, 0.29) is 23.8 Å². The van der Waals surface area contributed by atoms with Crippen LogP contribution in [0.25, 0.3) is 0 Å². The molecule has 2 fully saturated rings. The molecule has 0 bridgehead atoms. The van der Waals surface area contributed by atoms with Crippen molar-refractivity contribution in [1.82, 2.24) is 9.80 Å². The Hall–Kier alpha value is -2.41. The molecule has 7 heteroatoms. The van der Waals surface area contributed by atoms with Gasteiger partial charge in [0.1, 0.15) is 5.72 Å². The number of nitrogens with zero attached hydrogens (tertiary/aromatic N) is 2. The van der Waals surface area contributed by atoms with Crippen LogP contribution in [0.4, 0.5) is 0 Å². The number of amides is 2. The quantitative estimate of drug-likeness (QED) is 0.859.